The van der Waals surface area contributed by atoms with Gasteiger partial charge in [0.1, 0.15) is 0 Å². The highest BCUT2D eigenvalue weighted by atomic mass is 16.6. The summed E-state index contributed by atoms with van der Waals surface area (Å²) in [6.07, 6.45) is 6.57. The zero-order chi connectivity index (χ0) is 13.8. The molecule has 102 valence electrons. The Morgan fingerprint density at radius 3 is 2.58 bits per heavy atom. The molecule has 0 spiro atoms. The number of hydrogen-bond donors (Lipinski definition) is 0. The lowest BCUT2D eigenvalue weighted by Gasteiger charge is -2.33. The fourth-order valence-electron chi connectivity index (χ4n) is 2.70. The Kier molecular flexibility index (Phi) is 4.14. The third kappa shape index (κ3) is 2.92. The van der Waals surface area contributed by atoms with Crippen LogP contribution in [0.5, 0.6) is 0 Å². The van der Waals surface area contributed by atoms with Crippen molar-refractivity contribution in [1.29, 1.82) is 0 Å². The largest absolute Gasteiger partial charge is 0.372 e. The van der Waals surface area contributed by atoms with Gasteiger partial charge >= 0.3 is 0 Å². The van der Waals surface area contributed by atoms with Gasteiger partial charge in [-0.3, -0.25) is 14.9 Å². The molecule has 0 atom stereocenters. The average Bonchev–Trinajstić information content (AvgIpc) is 2.46. The highest BCUT2D eigenvalue weighted by Gasteiger charge is 2.20. The van der Waals surface area contributed by atoms with Gasteiger partial charge in [-0.2, -0.15) is 0 Å². The fourth-order valence-corrected chi connectivity index (χ4v) is 2.70. The molecule has 2 rings (SSSR count). The maximum absolute atomic E-state index is 11.0. The van der Waals surface area contributed by atoms with Crippen LogP contribution >= 0.6 is 0 Å². The van der Waals surface area contributed by atoms with Crippen LogP contribution in [-0.4, -0.2) is 24.3 Å². The molecular formula is C14H18N2O3. The van der Waals surface area contributed by atoms with Crippen molar-refractivity contribution >= 4 is 17.7 Å². The SMILES string of the molecule is CN(c1ccc([N+](=O)[O-])c(C=O)c1)C1CCCCC1. The molecule has 1 aliphatic carbocycles. The summed E-state index contributed by atoms with van der Waals surface area (Å²) in [5.74, 6) is 0. The molecule has 0 aromatic heterocycles. The standard InChI is InChI=1S/C14H18N2O3/c1-15(12-5-3-2-4-6-12)13-7-8-14(16(18)19)11(9-13)10-17/h7-10,12H,2-6H2,1H3. The second kappa shape index (κ2) is 5.82. The second-order valence-electron chi connectivity index (χ2n) is 5.02. The monoisotopic (exact) mass is 262 g/mol. The summed E-state index contributed by atoms with van der Waals surface area (Å²) in [4.78, 5) is 23.4. The van der Waals surface area contributed by atoms with Gasteiger partial charge in [0.15, 0.2) is 6.29 Å². The van der Waals surface area contributed by atoms with Gasteiger partial charge in [0.2, 0.25) is 0 Å². The van der Waals surface area contributed by atoms with E-state index in [-0.39, 0.29) is 11.3 Å². The summed E-state index contributed by atoms with van der Waals surface area (Å²) in [7, 11) is 1.99. The molecule has 0 unspecified atom stereocenters. The minimum absolute atomic E-state index is 0.129. The Bertz CT molecular complexity index is 482. The fraction of sp³-hybridized carbons (Fsp3) is 0.500. The second-order valence-corrected chi connectivity index (χ2v) is 5.02. The van der Waals surface area contributed by atoms with Crippen molar-refractivity contribution < 1.29 is 9.72 Å². The number of nitro benzene ring substituents is 1. The van der Waals surface area contributed by atoms with Gasteiger partial charge in [0.25, 0.3) is 5.69 Å². The predicted molar refractivity (Wildman–Crippen MR) is 73.8 cm³/mol. The van der Waals surface area contributed by atoms with Gasteiger partial charge in [0.05, 0.1) is 10.5 Å². The van der Waals surface area contributed by atoms with E-state index in [9.17, 15) is 14.9 Å². The van der Waals surface area contributed by atoms with Gasteiger partial charge in [-0.05, 0) is 25.0 Å². The first kappa shape index (κ1) is 13.5. The van der Waals surface area contributed by atoms with Gasteiger partial charge < -0.3 is 4.90 Å². The Hall–Kier alpha value is -1.91. The minimum atomic E-state index is -0.520. The molecule has 0 saturated heterocycles. The first-order chi connectivity index (χ1) is 9.13. The minimum Gasteiger partial charge on any atom is -0.372 e. The predicted octanol–water partition coefficient (Wildman–Crippen LogP) is 3.18. The molecular weight excluding hydrogens is 244 g/mol. The molecule has 1 aliphatic rings. The van der Waals surface area contributed by atoms with Crippen LogP contribution in [0, 0.1) is 10.1 Å². The van der Waals surface area contributed by atoms with Crippen LogP contribution in [0.4, 0.5) is 11.4 Å². The summed E-state index contributed by atoms with van der Waals surface area (Å²) in [6.45, 7) is 0. The maximum atomic E-state index is 11.0. The Balaban J connectivity index is 2.24. The average molecular weight is 262 g/mol. The molecule has 5 heteroatoms. The number of carbonyl (C=O) groups excluding carboxylic acids is 1. The van der Waals surface area contributed by atoms with E-state index in [1.165, 1.54) is 25.3 Å². The summed E-state index contributed by atoms with van der Waals surface area (Å²) in [5, 5.41) is 10.8. The molecule has 1 aromatic rings. The van der Waals surface area contributed by atoms with Gasteiger partial charge in [0, 0.05) is 24.8 Å². The quantitative estimate of drug-likeness (QED) is 0.475. The van der Waals surface area contributed by atoms with Crippen molar-refractivity contribution in [1.82, 2.24) is 0 Å². The highest BCUT2D eigenvalue weighted by Crippen LogP contribution is 2.28. The van der Waals surface area contributed by atoms with Crippen molar-refractivity contribution in [2.75, 3.05) is 11.9 Å². The molecule has 19 heavy (non-hydrogen) atoms. The van der Waals surface area contributed by atoms with Crippen LogP contribution in [0.15, 0.2) is 18.2 Å². The molecule has 1 saturated carbocycles. The number of anilines is 1. The van der Waals surface area contributed by atoms with Gasteiger partial charge in [-0.1, -0.05) is 19.3 Å². The van der Waals surface area contributed by atoms with E-state index in [2.05, 4.69) is 4.90 Å². The maximum Gasteiger partial charge on any atom is 0.280 e. The van der Waals surface area contributed by atoms with E-state index in [1.54, 1.807) is 12.1 Å². The summed E-state index contributed by atoms with van der Waals surface area (Å²) < 4.78 is 0. The molecule has 1 aromatic carbocycles. The van der Waals surface area contributed by atoms with Crippen molar-refractivity contribution in [2.45, 2.75) is 38.1 Å². The lowest BCUT2D eigenvalue weighted by atomic mass is 9.94. The van der Waals surface area contributed by atoms with Crippen LogP contribution in [0.3, 0.4) is 0 Å². The van der Waals surface area contributed by atoms with E-state index in [0.717, 1.165) is 18.5 Å². The van der Waals surface area contributed by atoms with Crippen molar-refractivity contribution in [3.8, 4) is 0 Å². The number of hydrogen-bond acceptors (Lipinski definition) is 4. The number of nitro groups is 1. The summed E-state index contributed by atoms with van der Waals surface area (Å²) in [6, 6.07) is 5.22. The molecule has 0 heterocycles. The van der Waals surface area contributed by atoms with Crippen LogP contribution in [0.25, 0.3) is 0 Å². The van der Waals surface area contributed by atoms with Crippen molar-refractivity contribution in [3.63, 3.8) is 0 Å². The molecule has 0 bridgehead atoms. The normalized spacial score (nSPS) is 16.1. The van der Waals surface area contributed by atoms with Gasteiger partial charge in [-0.15, -0.1) is 0 Å². The Morgan fingerprint density at radius 1 is 1.32 bits per heavy atom. The first-order valence-electron chi connectivity index (χ1n) is 6.60. The van der Waals surface area contributed by atoms with Gasteiger partial charge in [-0.25, -0.2) is 0 Å². The topological polar surface area (TPSA) is 63.4 Å². The summed E-state index contributed by atoms with van der Waals surface area (Å²) >= 11 is 0. The lowest BCUT2D eigenvalue weighted by molar-refractivity contribution is -0.385. The lowest BCUT2D eigenvalue weighted by Crippen LogP contribution is -2.33. The van der Waals surface area contributed by atoms with E-state index in [0.29, 0.717) is 12.3 Å². The molecule has 5 nitrogen and oxygen atoms in total. The first-order valence-corrected chi connectivity index (χ1v) is 6.60. The zero-order valence-corrected chi connectivity index (χ0v) is 11.0. The smallest absolute Gasteiger partial charge is 0.280 e. The van der Waals surface area contributed by atoms with E-state index < -0.39 is 4.92 Å². The molecule has 1 fully saturated rings. The number of carbonyl (C=O) groups is 1. The Morgan fingerprint density at radius 2 is 2.00 bits per heavy atom. The van der Waals surface area contributed by atoms with Crippen molar-refractivity contribution in [2.24, 2.45) is 0 Å². The highest BCUT2D eigenvalue weighted by molar-refractivity contribution is 5.83. The van der Waals surface area contributed by atoms with E-state index in [4.69, 9.17) is 0 Å². The molecule has 0 aliphatic heterocycles. The summed E-state index contributed by atoms with van der Waals surface area (Å²) in [5.41, 5.74) is 0.889. The third-order valence-electron chi connectivity index (χ3n) is 3.86. The van der Waals surface area contributed by atoms with Crippen LogP contribution in [-0.2, 0) is 0 Å². The number of nitrogens with zero attached hydrogens (tertiary/aromatic N) is 2. The van der Waals surface area contributed by atoms with Crippen LogP contribution in [0.2, 0.25) is 0 Å². The van der Waals surface area contributed by atoms with E-state index >= 15 is 0 Å². The van der Waals surface area contributed by atoms with Crippen molar-refractivity contribution in [3.05, 3.63) is 33.9 Å². The Labute approximate surface area is 112 Å². The number of aldehydes is 1. The number of rotatable bonds is 4. The van der Waals surface area contributed by atoms with Crippen LogP contribution < -0.4 is 4.90 Å². The molecule has 0 N–H and O–H groups in total. The zero-order valence-electron chi connectivity index (χ0n) is 11.0. The number of benzene rings is 1. The van der Waals surface area contributed by atoms with Crippen LogP contribution in [0.1, 0.15) is 42.5 Å². The molecule has 0 radical (unpaired) electrons. The molecule has 0 amide bonds. The third-order valence-corrected chi connectivity index (χ3v) is 3.86. The van der Waals surface area contributed by atoms with E-state index in [1.807, 2.05) is 7.05 Å².